The lowest BCUT2D eigenvalue weighted by Crippen LogP contribution is -2.47. The van der Waals surface area contributed by atoms with Crippen LogP contribution in [0.4, 0.5) is 4.79 Å². The van der Waals surface area contributed by atoms with Gasteiger partial charge in [0, 0.05) is 19.1 Å². The summed E-state index contributed by atoms with van der Waals surface area (Å²) in [5.74, 6) is 0.618. The van der Waals surface area contributed by atoms with Gasteiger partial charge in [0.15, 0.2) is 0 Å². The maximum Gasteiger partial charge on any atom is 0.317 e. The van der Waals surface area contributed by atoms with Crippen LogP contribution in [-0.4, -0.2) is 36.6 Å². The SMILES string of the molecule is O=C(NC1CCCCC1)N(Cc1ccccc1)CC1CCNCC1. The van der Waals surface area contributed by atoms with Gasteiger partial charge in [0.25, 0.3) is 0 Å². The molecule has 1 saturated carbocycles. The minimum atomic E-state index is 0.129. The van der Waals surface area contributed by atoms with Gasteiger partial charge in [-0.05, 0) is 50.3 Å². The molecule has 3 rings (SSSR count). The fraction of sp³-hybridized carbons (Fsp3) is 0.650. The maximum absolute atomic E-state index is 12.9. The Morgan fingerprint density at radius 3 is 2.46 bits per heavy atom. The third-order valence-electron chi connectivity index (χ3n) is 5.37. The smallest absolute Gasteiger partial charge is 0.317 e. The molecule has 1 aliphatic heterocycles. The van der Waals surface area contributed by atoms with Crippen LogP contribution in [0.1, 0.15) is 50.5 Å². The number of nitrogens with one attached hydrogen (secondary N) is 2. The first-order valence-corrected chi connectivity index (χ1v) is 9.61. The Balaban J connectivity index is 1.61. The van der Waals surface area contributed by atoms with Gasteiger partial charge in [0.05, 0.1) is 0 Å². The summed E-state index contributed by atoms with van der Waals surface area (Å²) < 4.78 is 0. The van der Waals surface area contributed by atoms with E-state index >= 15 is 0 Å². The molecule has 0 radical (unpaired) electrons. The van der Waals surface area contributed by atoms with E-state index < -0.39 is 0 Å². The van der Waals surface area contributed by atoms with Crippen LogP contribution in [0.2, 0.25) is 0 Å². The van der Waals surface area contributed by atoms with Crippen molar-refractivity contribution < 1.29 is 4.79 Å². The Morgan fingerprint density at radius 2 is 1.75 bits per heavy atom. The first-order chi connectivity index (χ1) is 11.8. The van der Waals surface area contributed by atoms with Crippen LogP contribution >= 0.6 is 0 Å². The van der Waals surface area contributed by atoms with E-state index in [0.29, 0.717) is 18.5 Å². The van der Waals surface area contributed by atoms with E-state index in [1.165, 1.54) is 37.7 Å². The van der Waals surface area contributed by atoms with Gasteiger partial charge < -0.3 is 15.5 Å². The molecule has 4 nitrogen and oxygen atoms in total. The number of nitrogens with zero attached hydrogens (tertiary/aromatic N) is 1. The molecule has 0 aromatic heterocycles. The zero-order chi connectivity index (χ0) is 16.6. The zero-order valence-electron chi connectivity index (χ0n) is 14.7. The Bertz CT molecular complexity index is 493. The van der Waals surface area contributed by atoms with Crippen molar-refractivity contribution >= 4 is 6.03 Å². The third kappa shape index (κ3) is 5.23. The Kier molecular flexibility index (Phi) is 6.53. The second-order valence-electron chi connectivity index (χ2n) is 7.34. The molecule has 2 N–H and O–H groups in total. The number of rotatable bonds is 5. The van der Waals surface area contributed by atoms with Crippen molar-refractivity contribution in [1.29, 1.82) is 0 Å². The number of hydrogen-bond donors (Lipinski definition) is 2. The van der Waals surface area contributed by atoms with Crippen molar-refractivity contribution in [2.45, 2.75) is 57.5 Å². The lowest BCUT2D eigenvalue weighted by molar-refractivity contribution is 0.170. The fourth-order valence-corrected chi connectivity index (χ4v) is 3.91. The van der Waals surface area contributed by atoms with Crippen LogP contribution < -0.4 is 10.6 Å². The third-order valence-corrected chi connectivity index (χ3v) is 5.37. The molecule has 132 valence electrons. The number of hydrogen-bond acceptors (Lipinski definition) is 2. The molecule has 24 heavy (non-hydrogen) atoms. The van der Waals surface area contributed by atoms with E-state index in [9.17, 15) is 4.79 Å². The predicted molar refractivity (Wildman–Crippen MR) is 97.9 cm³/mol. The van der Waals surface area contributed by atoms with Gasteiger partial charge in [0.2, 0.25) is 0 Å². The van der Waals surface area contributed by atoms with Crippen LogP contribution in [0.3, 0.4) is 0 Å². The van der Waals surface area contributed by atoms with Crippen molar-refractivity contribution in [3.63, 3.8) is 0 Å². The number of amides is 2. The van der Waals surface area contributed by atoms with Gasteiger partial charge >= 0.3 is 6.03 Å². The molecule has 1 aliphatic carbocycles. The number of urea groups is 1. The lowest BCUT2D eigenvalue weighted by Gasteiger charge is -2.32. The highest BCUT2D eigenvalue weighted by atomic mass is 16.2. The van der Waals surface area contributed by atoms with E-state index in [1.54, 1.807) is 0 Å². The molecule has 0 atom stereocenters. The summed E-state index contributed by atoms with van der Waals surface area (Å²) >= 11 is 0. The maximum atomic E-state index is 12.9. The molecule has 1 aromatic rings. The van der Waals surface area contributed by atoms with E-state index in [1.807, 2.05) is 11.0 Å². The predicted octanol–water partition coefficient (Wildman–Crippen LogP) is 3.53. The van der Waals surface area contributed by atoms with Crippen molar-refractivity contribution in [2.75, 3.05) is 19.6 Å². The highest BCUT2D eigenvalue weighted by molar-refractivity contribution is 5.74. The monoisotopic (exact) mass is 329 g/mol. The van der Waals surface area contributed by atoms with E-state index in [2.05, 4.69) is 34.9 Å². The summed E-state index contributed by atoms with van der Waals surface area (Å²) in [6, 6.07) is 10.9. The largest absolute Gasteiger partial charge is 0.335 e. The first kappa shape index (κ1) is 17.3. The molecular weight excluding hydrogens is 298 g/mol. The molecule has 0 unspecified atom stereocenters. The summed E-state index contributed by atoms with van der Waals surface area (Å²) in [6.45, 7) is 3.74. The summed E-state index contributed by atoms with van der Waals surface area (Å²) in [4.78, 5) is 14.9. The number of carbonyl (C=O) groups is 1. The Labute approximate surface area is 146 Å². The average Bonchev–Trinajstić information content (AvgIpc) is 2.64. The van der Waals surface area contributed by atoms with Gasteiger partial charge in [-0.15, -0.1) is 0 Å². The molecule has 2 fully saturated rings. The fourth-order valence-electron chi connectivity index (χ4n) is 3.91. The normalized spacial score (nSPS) is 19.8. The molecule has 1 heterocycles. The Hall–Kier alpha value is -1.55. The van der Waals surface area contributed by atoms with Gasteiger partial charge in [0.1, 0.15) is 0 Å². The zero-order valence-corrected chi connectivity index (χ0v) is 14.7. The van der Waals surface area contributed by atoms with Gasteiger partial charge in [-0.2, -0.15) is 0 Å². The quantitative estimate of drug-likeness (QED) is 0.868. The van der Waals surface area contributed by atoms with Crippen LogP contribution in [0, 0.1) is 5.92 Å². The summed E-state index contributed by atoms with van der Waals surface area (Å²) in [5.41, 5.74) is 1.21. The Morgan fingerprint density at radius 1 is 1.04 bits per heavy atom. The highest BCUT2D eigenvalue weighted by Crippen LogP contribution is 2.19. The highest BCUT2D eigenvalue weighted by Gasteiger charge is 2.23. The molecule has 1 aromatic carbocycles. The molecule has 0 spiro atoms. The van der Waals surface area contributed by atoms with Crippen molar-refractivity contribution in [3.05, 3.63) is 35.9 Å². The van der Waals surface area contributed by atoms with Crippen LogP contribution in [-0.2, 0) is 6.54 Å². The van der Waals surface area contributed by atoms with E-state index in [4.69, 9.17) is 0 Å². The van der Waals surface area contributed by atoms with Crippen LogP contribution in [0.25, 0.3) is 0 Å². The molecular formula is C20H31N3O. The second kappa shape index (κ2) is 9.07. The van der Waals surface area contributed by atoms with Crippen LogP contribution in [0.5, 0.6) is 0 Å². The van der Waals surface area contributed by atoms with Crippen molar-refractivity contribution in [2.24, 2.45) is 5.92 Å². The molecule has 4 heteroatoms. The number of carbonyl (C=O) groups excluding carboxylic acids is 1. The molecule has 0 bridgehead atoms. The molecule has 2 aliphatic rings. The van der Waals surface area contributed by atoms with Crippen LogP contribution in [0.15, 0.2) is 30.3 Å². The minimum absolute atomic E-state index is 0.129. The summed E-state index contributed by atoms with van der Waals surface area (Å²) in [7, 11) is 0. The second-order valence-corrected chi connectivity index (χ2v) is 7.34. The van der Waals surface area contributed by atoms with E-state index in [0.717, 1.165) is 32.5 Å². The summed E-state index contributed by atoms with van der Waals surface area (Å²) in [5, 5.41) is 6.71. The molecule has 2 amide bonds. The van der Waals surface area contributed by atoms with Gasteiger partial charge in [-0.25, -0.2) is 4.79 Å². The number of piperidine rings is 1. The van der Waals surface area contributed by atoms with Crippen molar-refractivity contribution in [1.82, 2.24) is 15.5 Å². The van der Waals surface area contributed by atoms with Crippen molar-refractivity contribution in [3.8, 4) is 0 Å². The average molecular weight is 329 g/mol. The van der Waals surface area contributed by atoms with Gasteiger partial charge in [-0.3, -0.25) is 0 Å². The topological polar surface area (TPSA) is 44.4 Å². The summed E-state index contributed by atoms with van der Waals surface area (Å²) in [6.07, 6.45) is 8.42. The first-order valence-electron chi connectivity index (χ1n) is 9.61. The number of benzene rings is 1. The standard InChI is InChI=1S/C20H31N3O/c24-20(22-19-9-5-2-6-10-19)23(15-17-7-3-1-4-8-17)16-18-11-13-21-14-12-18/h1,3-4,7-8,18-19,21H,2,5-6,9-16H2,(H,22,24). The molecule has 1 saturated heterocycles. The van der Waals surface area contributed by atoms with Gasteiger partial charge in [-0.1, -0.05) is 49.6 Å². The van der Waals surface area contributed by atoms with E-state index in [-0.39, 0.29) is 6.03 Å². The lowest BCUT2D eigenvalue weighted by atomic mass is 9.95. The minimum Gasteiger partial charge on any atom is -0.335 e.